The number of hydrogen-bond donors (Lipinski definition) is 2. The lowest BCUT2D eigenvalue weighted by Gasteiger charge is -2.34. The lowest BCUT2D eigenvalue weighted by Crippen LogP contribution is -2.45. The number of hydrogen-bond acceptors (Lipinski definition) is 6. The summed E-state index contributed by atoms with van der Waals surface area (Å²) >= 11 is 0. The van der Waals surface area contributed by atoms with Crippen molar-refractivity contribution < 1.29 is 14.3 Å². The van der Waals surface area contributed by atoms with E-state index in [0.717, 1.165) is 5.52 Å². The van der Waals surface area contributed by atoms with Crippen LogP contribution in [-0.2, 0) is 4.74 Å². The minimum Gasteiger partial charge on any atom is -0.423 e. The molecule has 20 heavy (non-hydrogen) atoms. The fourth-order valence-electron chi connectivity index (χ4n) is 2.51. The molecule has 1 aliphatic heterocycles. The maximum absolute atomic E-state index is 10.5. The molecular weight excluding hydrogens is 258 g/mol. The molecule has 1 fully saturated rings. The Balaban J connectivity index is 1.79. The van der Waals surface area contributed by atoms with Crippen LogP contribution in [0.3, 0.4) is 0 Å². The first-order valence-corrected chi connectivity index (χ1v) is 6.73. The van der Waals surface area contributed by atoms with Crippen LogP contribution in [0.1, 0.15) is 12.8 Å². The number of anilines is 2. The Kier molecular flexibility index (Phi) is 3.27. The van der Waals surface area contributed by atoms with Crippen LogP contribution in [0.15, 0.2) is 22.6 Å². The van der Waals surface area contributed by atoms with Gasteiger partial charge in [-0.3, -0.25) is 0 Å². The third kappa shape index (κ3) is 2.57. The molecule has 0 bridgehead atoms. The highest BCUT2D eigenvalue weighted by Gasteiger charge is 2.32. The molecule has 1 aliphatic rings. The molecule has 2 aromatic rings. The molecule has 0 radical (unpaired) electrons. The van der Waals surface area contributed by atoms with Gasteiger partial charge in [0.2, 0.25) is 0 Å². The summed E-state index contributed by atoms with van der Waals surface area (Å²) in [6, 6.07) is 5.86. The van der Waals surface area contributed by atoms with Crippen LogP contribution in [0.4, 0.5) is 11.7 Å². The van der Waals surface area contributed by atoms with Gasteiger partial charge in [0.25, 0.3) is 6.01 Å². The van der Waals surface area contributed by atoms with Crippen molar-refractivity contribution in [2.75, 3.05) is 37.4 Å². The Morgan fingerprint density at radius 2 is 2.15 bits per heavy atom. The van der Waals surface area contributed by atoms with Gasteiger partial charge in [0.1, 0.15) is 5.52 Å². The summed E-state index contributed by atoms with van der Waals surface area (Å²) in [5.74, 6) is 0. The van der Waals surface area contributed by atoms with Crippen LogP contribution < -0.4 is 10.6 Å². The Hall–Kier alpha value is -1.79. The van der Waals surface area contributed by atoms with Crippen molar-refractivity contribution in [1.82, 2.24) is 4.98 Å². The zero-order valence-electron chi connectivity index (χ0n) is 11.5. The molecule has 1 aromatic heterocycles. The van der Waals surface area contributed by atoms with Gasteiger partial charge in [-0.1, -0.05) is 0 Å². The van der Waals surface area contributed by atoms with Gasteiger partial charge in [0.15, 0.2) is 5.58 Å². The van der Waals surface area contributed by atoms with E-state index in [1.165, 1.54) is 0 Å². The predicted molar refractivity (Wildman–Crippen MR) is 76.7 cm³/mol. The third-order valence-electron chi connectivity index (χ3n) is 3.68. The molecule has 0 spiro atoms. The fraction of sp³-hybridized carbons (Fsp3) is 0.500. The van der Waals surface area contributed by atoms with Crippen LogP contribution in [0.25, 0.3) is 11.1 Å². The molecule has 6 heteroatoms. The number of benzene rings is 1. The van der Waals surface area contributed by atoms with E-state index in [9.17, 15) is 5.11 Å². The van der Waals surface area contributed by atoms with E-state index in [-0.39, 0.29) is 0 Å². The van der Waals surface area contributed by atoms with Crippen molar-refractivity contribution in [3.05, 3.63) is 18.2 Å². The number of nitrogens with zero attached hydrogens (tertiary/aromatic N) is 2. The van der Waals surface area contributed by atoms with Gasteiger partial charge >= 0.3 is 0 Å². The molecule has 0 aliphatic carbocycles. The van der Waals surface area contributed by atoms with Gasteiger partial charge in [-0.2, -0.15) is 4.98 Å². The van der Waals surface area contributed by atoms with Gasteiger partial charge in [-0.25, -0.2) is 0 Å². The number of aromatic nitrogens is 1. The SMILES string of the molecule is CN(CC1(O)CCOCC1)c1nc2ccc(N)cc2o1. The van der Waals surface area contributed by atoms with Crippen molar-refractivity contribution in [2.45, 2.75) is 18.4 Å². The Bertz CT molecular complexity index is 605. The molecule has 3 N–H and O–H groups in total. The quantitative estimate of drug-likeness (QED) is 0.825. The monoisotopic (exact) mass is 277 g/mol. The van der Waals surface area contributed by atoms with Gasteiger partial charge < -0.3 is 24.9 Å². The molecule has 0 unspecified atom stereocenters. The maximum Gasteiger partial charge on any atom is 0.298 e. The zero-order valence-corrected chi connectivity index (χ0v) is 11.5. The summed E-state index contributed by atoms with van der Waals surface area (Å²) in [5, 5.41) is 10.5. The first-order chi connectivity index (χ1) is 9.56. The summed E-state index contributed by atoms with van der Waals surface area (Å²) in [5.41, 5.74) is 7.05. The number of aliphatic hydroxyl groups is 1. The first-order valence-electron chi connectivity index (χ1n) is 6.73. The Morgan fingerprint density at radius 1 is 1.40 bits per heavy atom. The molecule has 1 saturated heterocycles. The molecule has 0 atom stereocenters. The lowest BCUT2D eigenvalue weighted by molar-refractivity contribution is -0.0576. The zero-order chi connectivity index (χ0) is 14.2. The van der Waals surface area contributed by atoms with E-state index in [0.29, 0.717) is 49.9 Å². The Labute approximate surface area is 117 Å². The van der Waals surface area contributed by atoms with Crippen LogP contribution in [-0.4, -0.2) is 42.5 Å². The average molecular weight is 277 g/mol. The molecule has 3 rings (SSSR count). The minimum absolute atomic E-state index is 0.471. The summed E-state index contributed by atoms with van der Waals surface area (Å²) in [6.45, 7) is 1.65. The maximum atomic E-state index is 10.5. The highest BCUT2D eigenvalue weighted by molar-refractivity contribution is 5.78. The topological polar surface area (TPSA) is 84.8 Å². The highest BCUT2D eigenvalue weighted by atomic mass is 16.5. The number of nitrogen functional groups attached to an aromatic ring is 1. The molecule has 1 aromatic carbocycles. The van der Waals surface area contributed by atoms with Crippen molar-refractivity contribution in [1.29, 1.82) is 0 Å². The number of ether oxygens (including phenoxy) is 1. The van der Waals surface area contributed by atoms with Gasteiger partial charge in [0.05, 0.1) is 12.1 Å². The van der Waals surface area contributed by atoms with Crippen LogP contribution in [0, 0.1) is 0 Å². The number of rotatable bonds is 3. The first kappa shape index (κ1) is 13.2. The van der Waals surface area contributed by atoms with Gasteiger partial charge in [-0.15, -0.1) is 0 Å². The second-order valence-electron chi connectivity index (χ2n) is 5.42. The summed E-state index contributed by atoms with van der Waals surface area (Å²) in [6.07, 6.45) is 1.26. The Morgan fingerprint density at radius 3 is 2.90 bits per heavy atom. The number of fused-ring (bicyclic) bond motifs is 1. The van der Waals surface area contributed by atoms with Crippen LogP contribution in [0.5, 0.6) is 0 Å². The van der Waals surface area contributed by atoms with E-state index >= 15 is 0 Å². The van der Waals surface area contributed by atoms with Crippen LogP contribution in [0.2, 0.25) is 0 Å². The van der Waals surface area contributed by atoms with Crippen LogP contribution >= 0.6 is 0 Å². The molecule has 0 amide bonds. The molecule has 6 nitrogen and oxygen atoms in total. The van der Waals surface area contributed by atoms with Gasteiger partial charge in [0, 0.05) is 44.9 Å². The summed E-state index contributed by atoms with van der Waals surface area (Å²) in [4.78, 5) is 6.25. The second kappa shape index (κ2) is 4.96. The van der Waals surface area contributed by atoms with Gasteiger partial charge in [-0.05, 0) is 12.1 Å². The van der Waals surface area contributed by atoms with Crippen molar-refractivity contribution >= 4 is 22.8 Å². The largest absolute Gasteiger partial charge is 0.423 e. The smallest absolute Gasteiger partial charge is 0.298 e. The molecular formula is C14H19N3O3. The fourth-order valence-corrected chi connectivity index (χ4v) is 2.51. The van der Waals surface area contributed by atoms with E-state index in [4.69, 9.17) is 14.9 Å². The summed E-state index contributed by atoms with van der Waals surface area (Å²) < 4.78 is 11.0. The number of oxazole rings is 1. The van der Waals surface area contributed by atoms with Crippen molar-refractivity contribution in [3.8, 4) is 0 Å². The van der Waals surface area contributed by atoms with Crippen molar-refractivity contribution in [2.24, 2.45) is 0 Å². The molecule has 2 heterocycles. The van der Waals surface area contributed by atoms with E-state index in [2.05, 4.69) is 4.98 Å². The number of nitrogens with two attached hydrogens (primary N) is 1. The minimum atomic E-state index is -0.743. The normalized spacial score (nSPS) is 18.3. The lowest BCUT2D eigenvalue weighted by atomic mass is 9.94. The third-order valence-corrected chi connectivity index (χ3v) is 3.68. The summed E-state index contributed by atoms with van der Waals surface area (Å²) in [7, 11) is 1.86. The second-order valence-corrected chi connectivity index (χ2v) is 5.42. The van der Waals surface area contributed by atoms with E-state index < -0.39 is 5.60 Å². The van der Waals surface area contributed by atoms with E-state index in [1.54, 1.807) is 12.1 Å². The highest BCUT2D eigenvalue weighted by Crippen LogP contribution is 2.26. The van der Waals surface area contributed by atoms with E-state index in [1.807, 2.05) is 18.0 Å². The average Bonchev–Trinajstić information content (AvgIpc) is 2.82. The number of likely N-dealkylation sites (N-methyl/N-ethyl adjacent to an activating group) is 1. The molecule has 108 valence electrons. The van der Waals surface area contributed by atoms with Crippen molar-refractivity contribution in [3.63, 3.8) is 0 Å². The standard InChI is InChI=1S/C14H19N3O3/c1-17(9-14(18)4-6-19-7-5-14)13-16-11-3-2-10(15)8-12(11)20-13/h2-3,8,18H,4-7,9,15H2,1H3. The predicted octanol–water partition coefficient (Wildman–Crippen LogP) is 1.39. The molecule has 0 saturated carbocycles.